The number of non-ortho nitro benzene ring substituents is 1. The average Bonchev–Trinajstić information content (AvgIpc) is 3.17. The number of amides is 1. The standard InChI is InChI=1S/C21H23N5O4S/c1-4-25-20(15(3)30-18-11-6-5-8-14(18)2)23-24-21(25)31-13-19(27)22-16-9-7-10-17(12-16)26(28)29/h5-12,15H,4,13H2,1-3H3,(H,22,27). The fourth-order valence-electron chi connectivity index (χ4n) is 2.96. The highest BCUT2D eigenvalue weighted by atomic mass is 32.2. The number of anilines is 1. The van der Waals surface area contributed by atoms with Crippen LogP contribution in [0.4, 0.5) is 11.4 Å². The Kier molecular flexibility index (Phi) is 7.24. The van der Waals surface area contributed by atoms with Gasteiger partial charge in [-0.05, 0) is 38.5 Å². The van der Waals surface area contributed by atoms with E-state index in [2.05, 4.69) is 15.5 Å². The van der Waals surface area contributed by atoms with E-state index in [9.17, 15) is 14.9 Å². The zero-order chi connectivity index (χ0) is 22.4. The molecule has 0 aliphatic rings. The van der Waals surface area contributed by atoms with Gasteiger partial charge in [0.1, 0.15) is 5.75 Å². The molecule has 0 radical (unpaired) electrons. The third-order valence-corrected chi connectivity index (χ3v) is 5.46. The van der Waals surface area contributed by atoms with Gasteiger partial charge in [-0.2, -0.15) is 0 Å². The molecule has 0 aliphatic carbocycles. The van der Waals surface area contributed by atoms with Crippen molar-refractivity contribution >= 4 is 29.0 Å². The summed E-state index contributed by atoms with van der Waals surface area (Å²) in [6.07, 6.45) is -0.318. The summed E-state index contributed by atoms with van der Waals surface area (Å²) in [6, 6.07) is 13.6. The second kappa shape index (κ2) is 10.1. The van der Waals surface area contributed by atoms with E-state index in [4.69, 9.17) is 4.74 Å². The molecule has 3 rings (SSSR count). The van der Waals surface area contributed by atoms with E-state index < -0.39 is 4.92 Å². The van der Waals surface area contributed by atoms with Gasteiger partial charge in [-0.1, -0.05) is 36.0 Å². The molecule has 1 N–H and O–H groups in total. The Morgan fingerprint density at radius 1 is 1.26 bits per heavy atom. The minimum Gasteiger partial charge on any atom is -0.482 e. The van der Waals surface area contributed by atoms with Gasteiger partial charge in [-0.15, -0.1) is 10.2 Å². The maximum Gasteiger partial charge on any atom is 0.271 e. The molecular weight excluding hydrogens is 418 g/mol. The molecule has 0 saturated carbocycles. The third-order valence-electron chi connectivity index (χ3n) is 4.50. The van der Waals surface area contributed by atoms with Gasteiger partial charge in [0.25, 0.3) is 5.69 Å². The lowest BCUT2D eigenvalue weighted by Crippen LogP contribution is -2.15. The van der Waals surface area contributed by atoms with Crippen molar-refractivity contribution < 1.29 is 14.5 Å². The Balaban J connectivity index is 1.64. The van der Waals surface area contributed by atoms with Crippen molar-refractivity contribution in [3.63, 3.8) is 0 Å². The molecule has 1 unspecified atom stereocenters. The Labute approximate surface area is 184 Å². The van der Waals surface area contributed by atoms with Crippen LogP contribution < -0.4 is 10.1 Å². The second-order valence-corrected chi connectivity index (χ2v) is 7.70. The summed E-state index contributed by atoms with van der Waals surface area (Å²) in [6.45, 7) is 6.49. The summed E-state index contributed by atoms with van der Waals surface area (Å²) in [5.41, 5.74) is 1.32. The number of nitrogens with one attached hydrogen (secondary N) is 1. The van der Waals surface area contributed by atoms with E-state index in [1.807, 2.05) is 49.6 Å². The lowest BCUT2D eigenvalue weighted by atomic mass is 10.2. The van der Waals surface area contributed by atoms with E-state index in [1.54, 1.807) is 6.07 Å². The Bertz CT molecular complexity index is 1090. The Morgan fingerprint density at radius 3 is 2.74 bits per heavy atom. The van der Waals surface area contributed by atoms with Crippen LogP contribution in [0.1, 0.15) is 31.3 Å². The maximum atomic E-state index is 12.3. The van der Waals surface area contributed by atoms with Crippen LogP contribution in [-0.4, -0.2) is 31.3 Å². The van der Waals surface area contributed by atoms with E-state index in [0.717, 1.165) is 11.3 Å². The first-order valence-corrected chi connectivity index (χ1v) is 10.7. The molecule has 162 valence electrons. The monoisotopic (exact) mass is 441 g/mol. The zero-order valence-electron chi connectivity index (χ0n) is 17.4. The molecule has 1 aromatic heterocycles. The van der Waals surface area contributed by atoms with Crippen LogP contribution in [-0.2, 0) is 11.3 Å². The normalized spacial score (nSPS) is 11.7. The summed E-state index contributed by atoms with van der Waals surface area (Å²) in [7, 11) is 0. The van der Waals surface area contributed by atoms with Gasteiger partial charge < -0.3 is 14.6 Å². The van der Waals surface area contributed by atoms with Crippen LogP contribution >= 0.6 is 11.8 Å². The number of nitro groups is 1. The molecule has 1 heterocycles. The number of carbonyl (C=O) groups is 1. The van der Waals surface area contributed by atoms with E-state index >= 15 is 0 Å². The molecule has 2 aromatic carbocycles. The largest absolute Gasteiger partial charge is 0.482 e. The minimum atomic E-state index is -0.504. The first-order valence-electron chi connectivity index (χ1n) is 9.71. The molecule has 0 spiro atoms. The number of hydrogen-bond acceptors (Lipinski definition) is 7. The number of benzene rings is 2. The maximum absolute atomic E-state index is 12.3. The van der Waals surface area contributed by atoms with E-state index in [1.165, 1.54) is 30.0 Å². The number of nitrogens with zero attached hydrogens (tertiary/aromatic N) is 4. The molecule has 0 bridgehead atoms. The summed E-state index contributed by atoms with van der Waals surface area (Å²) in [5, 5.41) is 22.6. The lowest BCUT2D eigenvalue weighted by Gasteiger charge is -2.17. The zero-order valence-corrected chi connectivity index (χ0v) is 18.3. The predicted molar refractivity (Wildman–Crippen MR) is 118 cm³/mol. The quantitative estimate of drug-likeness (QED) is 0.298. The van der Waals surface area contributed by atoms with Gasteiger partial charge in [-0.25, -0.2) is 0 Å². The SMILES string of the molecule is CCn1c(SCC(=O)Nc2cccc([N+](=O)[O-])c2)nnc1C(C)Oc1ccccc1C. The molecule has 31 heavy (non-hydrogen) atoms. The van der Waals surface area contributed by atoms with Crippen molar-refractivity contribution in [2.45, 2.75) is 38.6 Å². The summed E-state index contributed by atoms with van der Waals surface area (Å²) in [4.78, 5) is 22.7. The number of ether oxygens (including phenoxy) is 1. The minimum absolute atomic E-state index is 0.0801. The number of aryl methyl sites for hydroxylation is 1. The molecule has 0 fully saturated rings. The van der Waals surface area contributed by atoms with Crippen molar-refractivity contribution in [1.82, 2.24) is 14.8 Å². The number of rotatable bonds is 9. The van der Waals surface area contributed by atoms with E-state index in [-0.39, 0.29) is 23.5 Å². The van der Waals surface area contributed by atoms with Gasteiger partial charge in [0.15, 0.2) is 17.1 Å². The van der Waals surface area contributed by atoms with Crippen LogP contribution in [0.2, 0.25) is 0 Å². The van der Waals surface area contributed by atoms with Crippen molar-refractivity contribution in [3.8, 4) is 5.75 Å². The van der Waals surface area contributed by atoms with Gasteiger partial charge in [0.2, 0.25) is 5.91 Å². The molecule has 0 saturated heterocycles. The van der Waals surface area contributed by atoms with Crippen molar-refractivity contribution in [2.24, 2.45) is 0 Å². The summed E-state index contributed by atoms with van der Waals surface area (Å²) in [5.74, 6) is 1.26. The Hall–Kier alpha value is -3.40. The second-order valence-electron chi connectivity index (χ2n) is 6.75. The van der Waals surface area contributed by atoms with Gasteiger partial charge >= 0.3 is 0 Å². The fourth-order valence-corrected chi connectivity index (χ4v) is 3.77. The van der Waals surface area contributed by atoms with Gasteiger partial charge in [-0.3, -0.25) is 14.9 Å². The lowest BCUT2D eigenvalue weighted by molar-refractivity contribution is -0.384. The highest BCUT2D eigenvalue weighted by Crippen LogP contribution is 2.26. The first-order chi connectivity index (χ1) is 14.9. The van der Waals surface area contributed by atoms with Crippen LogP contribution in [0.15, 0.2) is 53.7 Å². The van der Waals surface area contributed by atoms with Gasteiger partial charge in [0, 0.05) is 24.4 Å². The first kappa shape index (κ1) is 22.3. The van der Waals surface area contributed by atoms with Crippen LogP contribution in [0.25, 0.3) is 0 Å². The van der Waals surface area contributed by atoms with Crippen molar-refractivity contribution in [2.75, 3.05) is 11.1 Å². The van der Waals surface area contributed by atoms with Crippen LogP contribution in [0, 0.1) is 17.0 Å². The number of para-hydroxylation sites is 1. The molecule has 9 nitrogen and oxygen atoms in total. The highest BCUT2D eigenvalue weighted by molar-refractivity contribution is 7.99. The number of aromatic nitrogens is 3. The third kappa shape index (κ3) is 5.60. The topological polar surface area (TPSA) is 112 Å². The Morgan fingerprint density at radius 2 is 2.03 bits per heavy atom. The number of hydrogen-bond donors (Lipinski definition) is 1. The predicted octanol–water partition coefficient (Wildman–Crippen LogP) is 4.39. The number of thioether (sulfide) groups is 1. The smallest absolute Gasteiger partial charge is 0.271 e. The van der Waals surface area contributed by atoms with Crippen molar-refractivity contribution in [1.29, 1.82) is 0 Å². The average molecular weight is 442 g/mol. The number of nitro benzene ring substituents is 1. The molecule has 1 atom stereocenters. The molecular formula is C21H23N5O4S. The fraction of sp³-hybridized carbons (Fsp3) is 0.286. The molecule has 10 heteroatoms. The van der Waals surface area contributed by atoms with Crippen LogP contribution in [0.5, 0.6) is 5.75 Å². The highest BCUT2D eigenvalue weighted by Gasteiger charge is 2.20. The van der Waals surface area contributed by atoms with E-state index in [0.29, 0.717) is 23.2 Å². The molecule has 3 aromatic rings. The molecule has 1 amide bonds. The van der Waals surface area contributed by atoms with Crippen molar-refractivity contribution in [3.05, 3.63) is 70.0 Å². The summed E-state index contributed by atoms with van der Waals surface area (Å²) < 4.78 is 7.97. The van der Waals surface area contributed by atoms with Gasteiger partial charge in [0.05, 0.1) is 10.7 Å². The molecule has 0 aliphatic heterocycles. The van der Waals surface area contributed by atoms with Crippen LogP contribution in [0.3, 0.4) is 0 Å². The summed E-state index contributed by atoms with van der Waals surface area (Å²) >= 11 is 1.25. The number of carbonyl (C=O) groups excluding carboxylic acids is 1.